The maximum Gasteiger partial charge on any atom is 0.246 e. The summed E-state index contributed by atoms with van der Waals surface area (Å²) in [5, 5.41) is 3.53. The van der Waals surface area contributed by atoms with Crippen molar-refractivity contribution in [2.75, 3.05) is 5.32 Å². The highest BCUT2D eigenvalue weighted by Crippen LogP contribution is 2.41. The minimum absolute atomic E-state index is 0.539. The zero-order valence-electron chi connectivity index (χ0n) is 10.6. The van der Waals surface area contributed by atoms with Crippen molar-refractivity contribution in [3.05, 3.63) is 18.2 Å². The lowest BCUT2D eigenvalue weighted by Crippen LogP contribution is -2.29. The quantitative estimate of drug-likeness (QED) is 0.868. The number of anilines is 1. The number of benzene rings is 1. The summed E-state index contributed by atoms with van der Waals surface area (Å²) in [5.74, 6) is 1.97. The second-order valence-electron chi connectivity index (χ2n) is 5.54. The molecular weight excluding hydrogens is 214 g/mol. The van der Waals surface area contributed by atoms with E-state index in [0.717, 1.165) is 23.1 Å². The fourth-order valence-corrected chi connectivity index (χ4v) is 2.29. The predicted molar refractivity (Wildman–Crippen MR) is 67.6 cm³/mol. The van der Waals surface area contributed by atoms with Gasteiger partial charge < -0.3 is 14.8 Å². The SMILES string of the molecule is CC(Nc1ccc2c(c1)OC(C)(C)O2)C1CC1. The summed E-state index contributed by atoms with van der Waals surface area (Å²) >= 11 is 0. The summed E-state index contributed by atoms with van der Waals surface area (Å²) in [6, 6.07) is 6.61. The van der Waals surface area contributed by atoms with Crippen LogP contribution in [0.5, 0.6) is 11.5 Å². The summed E-state index contributed by atoms with van der Waals surface area (Å²) in [7, 11) is 0. The Labute approximate surface area is 102 Å². The molecule has 2 aliphatic rings. The Morgan fingerprint density at radius 3 is 2.65 bits per heavy atom. The molecule has 0 radical (unpaired) electrons. The van der Waals surface area contributed by atoms with Crippen molar-refractivity contribution < 1.29 is 9.47 Å². The number of ether oxygens (including phenoxy) is 2. The molecule has 1 aliphatic carbocycles. The minimum atomic E-state index is -0.539. The van der Waals surface area contributed by atoms with Crippen LogP contribution in [-0.2, 0) is 0 Å². The van der Waals surface area contributed by atoms with Crippen LogP contribution in [-0.4, -0.2) is 11.8 Å². The molecule has 1 fully saturated rings. The topological polar surface area (TPSA) is 30.5 Å². The number of hydrogen-bond donors (Lipinski definition) is 1. The number of rotatable bonds is 3. The third-order valence-electron chi connectivity index (χ3n) is 3.38. The average molecular weight is 233 g/mol. The van der Waals surface area contributed by atoms with Crippen molar-refractivity contribution in [2.45, 2.75) is 45.4 Å². The maximum absolute atomic E-state index is 5.73. The Balaban J connectivity index is 1.75. The van der Waals surface area contributed by atoms with Crippen LogP contribution in [0.2, 0.25) is 0 Å². The first kappa shape index (κ1) is 10.8. The normalized spacial score (nSPS) is 22.3. The van der Waals surface area contributed by atoms with E-state index in [1.807, 2.05) is 26.0 Å². The van der Waals surface area contributed by atoms with Gasteiger partial charge in [-0.1, -0.05) is 0 Å². The van der Waals surface area contributed by atoms with E-state index in [2.05, 4.69) is 18.3 Å². The van der Waals surface area contributed by atoms with Gasteiger partial charge in [0.05, 0.1) is 0 Å². The molecule has 1 aliphatic heterocycles. The van der Waals surface area contributed by atoms with Crippen molar-refractivity contribution in [3.63, 3.8) is 0 Å². The van der Waals surface area contributed by atoms with Crippen LogP contribution in [0.25, 0.3) is 0 Å². The molecule has 0 aromatic heterocycles. The van der Waals surface area contributed by atoms with E-state index in [4.69, 9.17) is 9.47 Å². The van der Waals surface area contributed by atoms with Crippen LogP contribution in [0, 0.1) is 5.92 Å². The molecular formula is C14H19NO2. The Bertz CT molecular complexity index is 438. The number of nitrogens with one attached hydrogen (secondary N) is 1. The van der Waals surface area contributed by atoms with E-state index < -0.39 is 5.79 Å². The molecule has 1 N–H and O–H groups in total. The van der Waals surface area contributed by atoms with Gasteiger partial charge in [0.2, 0.25) is 5.79 Å². The first-order chi connectivity index (χ1) is 8.03. The molecule has 1 aromatic rings. The van der Waals surface area contributed by atoms with E-state index in [1.165, 1.54) is 12.8 Å². The predicted octanol–water partition coefficient (Wildman–Crippen LogP) is 3.40. The molecule has 3 heteroatoms. The molecule has 1 saturated carbocycles. The third-order valence-corrected chi connectivity index (χ3v) is 3.38. The first-order valence-electron chi connectivity index (χ1n) is 6.32. The molecule has 1 atom stereocenters. The Morgan fingerprint density at radius 1 is 1.24 bits per heavy atom. The van der Waals surface area contributed by atoms with Gasteiger partial charge in [-0.05, 0) is 37.8 Å². The fraction of sp³-hybridized carbons (Fsp3) is 0.571. The van der Waals surface area contributed by atoms with Gasteiger partial charge in [0, 0.05) is 31.6 Å². The van der Waals surface area contributed by atoms with Crippen LogP contribution in [0.1, 0.15) is 33.6 Å². The van der Waals surface area contributed by atoms with Gasteiger partial charge in [-0.2, -0.15) is 0 Å². The number of fused-ring (bicyclic) bond motifs is 1. The molecule has 3 rings (SSSR count). The average Bonchev–Trinajstić information content (AvgIpc) is 3.01. The van der Waals surface area contributed by atoms with E-state index >= 15 is 0 Å². The van der Waals surface area contributed by atoms with Crippen molar-refractivity contribution in [3.8, 4) is 11.5 Å². The summed E-state index contributed by atoms with van der Waals surface area (Å²) < 4.78 is 11.4. The van der Waals surface area contributed by atoms with E-state index in [1.54, 1.807) is 0 Å². The molecule has 0 spiro atoms. The Kier molecular flexibility index (Phi) is 2.25. The largest absolute Gasteiger partial charge is 0.449 e. The molecule has 0 amide bonds. The smallest absolute Gasteiger partial charge is 0.246 e. The second-order valence-corrected chi connectivity index (χ2v) is 5.54. The molecule has 1 aromatic carbocycles. The molecule has 0 bridgehead atoms. The van der Waals surface area contributed by atoms with Crippen molar-refractivity contribution in [1.82, 2.24) is 0 Å². The summed E-state index contributed by atoms with van der Waals surface area (Å²) in [6.07, 6.45) is 2.71. The fourth-order valence-electron chi connectivity index (χ4n) is 2.29. The Hall–Kier alpha value is -1.38. The minimum Gasteiger partial charge on any atom is -0.449 e. The standard InChI is InChI=1S/C14H19NO2/c1-9(10-4-5-10)15-11-6-7-12-13(8-11)17-14(2,3)16-12/h6-10,15H,4-5H2,1-3H3. The van der Waals surface area contributed by atoms with Gasteiger partial charge >= 0.3 is 0 Å². The van der Waals surface area contributed by atoms with Crippen molar-refractivity contribution in [1.29, 1.82) is 0 Å². The summed E-state index contributed by atoms with van der Waals surface area (Å²) in [6.45, 7) is 6.09. The highest BCUT2D eigenvalue weighted by Gasteiger charge is 2.32. The van der Waals surface area contributed by atoms with Crippen LogP contribution in [0.3, 0.4) is 0 Å². The van der Waals surface area contributed by atoms with Crippen LogP contribution < -0.4 is 14.8 Å². The van der Waals surface area contributed by atoms with E-state index in [9.17, 15) is 0 Å². The van der Waals surface area contributed by atoms with Gasteiger partial charge in [-0.3, -0.25) is 0 Å². The third kappa shape index (κ3) is 2.19. The van der Waals surface area contributed by atoms with Gasteiger partial charge in [-0.25, -0.2) is 0 Å². The summed E-state index contributed by atoms with van der Waals surface area (Å²) in [5.41, 5.74) is 1.12. The van der Waals surface area contributed by atoms with Crippen LogP contribution in [0.4, 0.5) is 5.69 Å². The van der Waals surface area contributed by atoms with Crippen molar-refractivity contribution >= 4 is 5.69 Å². The van der Waals surface area contributed by atoms with Gasteiger partial charge in [-0.15, -0.1) is 0 Å². The van der Waals surface area contributed by atoms with Gasteiger partial charge in [0.1, 0.15) is 0 Å². The first-order valence-corrected chi connectivity index (χ1v) is 6.32. The van der Waals surface area contributed by atoms with E-state index in [-0.39, 0.29) is 0 Å². The molecule has 92 valence electrons. The van der Waals surface area contributed by atoms with Crippen LogP contribution >= 0.6 is 0 Å². The summed E-state index contributed by atoms with van der Waals surface area (Å²) in [4.78, 5) is 0. The highest BCUT2D eigenvalue weighted by atomic mass is 16.7. The van der Waals surface area contributed by atoms with Crippen molar-refractivity contribution in [2.24, 2.45) is 5.92 Å². The molecule has 3 nitrogen and oxygen atoms in total. The lowest BCUT2D eigenvalue weighted by Gasteiger charge is -2.16. The molecule has 17 heavy (non-hydrogen) atoms. The lowest BCUT2D eigenvalue weighted by molar-refractivity contribution is -0.0431. The van der Waals surface area contributed by atoms with Gasteiger partial charge in [0.15, 0.2) is 11.5 Å². The highest BCUT2D eigenvalue weighted by molar-refractivity contribution is 5.56. The lowest BCUT2D eigenvalue weighted by atomic mass is 10.2. The maximum atomic E-state index is 5.73. The molecule has 1 unspecified atom stereocenters. The zero-order valence-corrected chi connectivity index (χ0v) is 10.6. The molecule has 1 heterocycles. The zero-order chi connectivity index (χ0) is 12.0. The van der Waals surface area contributed by atoms with Gasteiger partial charge in [0.25, 0.3) is 0 Å². The van der Waals surface area contributed by atoms with E-state index in [0.29, 0.717) is 6.04 Å². The molecule has 0 saturated heterocycles. The Morgan fingerprint density at radius 2 is 1.94 bits per heavy atom. The second kappa shape index (κ2) is 3.56. The monoisotopic (exact) mass is 233 g/mol. The number of hydrogen-bond acceptors (Lipinski definition) is 3. The van der Waals surface area contributed by atoms with Crippen LogP contribution in [0.15, 0.2) is 18.2 Å².